The van der Waals surface area contributed by atoms with E-state index in [2.05, 4.69) is 5.32 Å². The molecule has 0 saturated carbocycles. The third-order valence-electron chi connectivity index (χ3n) is 2.45. The second-order valence-corrected chi connectivity index (χ2v) is 3.61. The number of rotatable bonds is 4. The van der Waals surface area contributed by atoms with Crippen molar-refractivity contribution >= 4 is 5.91 Å². The highest BCUT2D eigenvalue weighted by molar-refractivity contribution is 5.96. The van der Waals surface area contributed by atoms with Crippen molar-refractivity contribution in [1.29, 1.82) is 0 Å². The van der Waals surface area contributed by atoms with Gasteiger partial charge in [-0.2, -0.15) is 0 Å². The second-order valence-electron chi connectivity index (χ2n) is 3.61. The Morgan fingerprint density at radius 2 is 2.00 bits per heavy atom. The van der Waals surface area contributed by atoms with Gasteiger partial charge in [-0.3, -0.25) is 4.79 Å². The minimum Gasteiger partial charge on any atom is -0.466 e. The first-order valence-corrected chi connectivity index (χ1v) is 5.12. The van der Waals surface area contributed by atoms with Crippen molar-refractivity contribution in [3.05, 3.63) is 22.6 Å². The molecule has 4 heteroatoms. The number of carbonyl (C=O) groups excluding carboxylic acids is 1. The van der Waals surface area contributed by atoms with Crippen LogP contribution in [0, 0.1) is 20.8 Å². The topological polar surface area (TPSA) is 68.3 Å². The lowest BCUT2D eigenvalue weighted by atomic mass is 10.1. The predicted octanol–water partition coefficient (Wildman–Crippen LogP) is 1.28. The molecular weight excluding hydrogens is 192 g/mol. The molecule has 84 valence electrons. The molecule has 0 aromatic carbocycles. The summed E-state index contributed by atoms with van der Waals surface area (Å²) in [7, 11) is 0. The van der Waals surface area contributed by atoms with Crippen LogP contribution in [0.5, 0.6) is 0 Å². The fourth-order valence-electron chi connectivity index (χ4n) is 1.52. The van der Waals surface area contributed by atoms with Gasteiger partial charge in [-0.15, -0.1) is 0 Å². The monoisotopic (exact) mass is 210 g/mol. The molecule has 0 radical (unpaired) electrons. The smallest absolute Gasteiger partial charge is 0.255 e. The Morgan fingerprint density at radius 1 is 1.33 bits per heavy atom. The highest BCUT2D eigenvalue weighted by Crippen LogP contribution is 2.20. The molecule has 0 spiro atoms. The lowest BCUT2D eigenvalue weighted by Crippen LogP contribution is -2.26. The van der Waals surface area contributed by atoms with Gasteiger partial charge < -0.3 is 15.5 Å². The Labute approximate surface area is 89.8 Å². The van der Waals surface area contributed by atoms with Crippen LogP contribution < -0.4 is 11.1 Å². The molecule has 0 bridgehead atoms. The van der Waals surface area contributed by atoms with Crippen LogP contribution in [-0.2, 0) is 0 Å². The summed E-state index contributed by atoms with van der Waals surface area (Å²) in [6.07, 6.45) is 0.792. The van der Waals surface area contributed by atoms with Gasteiger partial charge in [0.25, 0.3) is 5.91 Å². The van der Waals surface area contributed by atoms with E-state index in [9.17, 15) is 4.79 Å². The summed E-state index contributed by atoms with van der Waals surface area (Å²) in [4.78, 5) is 11.8. The molecule has 1 aromatic heterocycles. The predicted molar refractivity (Wildman–Crippen MR) is 58.9 cm³/mol. The van der Waals surface area contributed by atoms with Crippen molar-refractivity contribution in [2.45, 2.75) is 27.2 Å². The molecule has 3 N–H and O–H groups in total. The molecule has 0 atom stereocenters. The van der Waals surface area contributed by atoms with Gasteiger partial charge in [0.2, 0.25) is 0 Å². The molecule has 1 aromatic rings. The van der Waals surface area contributed by atoms with E-state index in [0.717, 1.165) is 17.7 Å². The van der Waals surface area contributed by atoms with Gasteiger partial charge >= 0.3 is 0 Å². The first-order chi connectivity index (χ1) is 7.07. The van der Waals surface area contributed by atoms with Gasteiger partial charge in [-0.1, -0.05) is 0 Å². The zero-order chi connectivity index (χ0) is 11.4. The summed E-state index contributed by atoms with van der Waals surface area (Å²) in [6, 6.07) is 0. The van der Waals surface area contributed by atoms with E-state index in [1.165, 1.54) is 0 Å². The lowest BCUT2D eigenvalue weighted by Gasteiger charge is -2.03. The van der Waals surface area contributed by atoms with E-state index in [0.29, 0.717) is 24.4 Å². The van der Waals surface area contributed by atoms with Crippen LogP contribution in [0.4, 0.5) is 0 Å². The standard InChI is InChI=1S/C11H18N2O2/c1-7-8(2)15-9(3)10(7)11(14)13-6-4-5-12/h4-6,12H2,1-3H3,(H,13,14). The molecule has 1 amide bonds. The number of hydrogen-bond acceptors (Lipinski definition) is 3. The Bertz CT molecular complexity index is 356. The van der Waals surface area contributed by atoms with E-state index in [-0.39, 0.29) is 5.91 Å². The third kappa shape index (κ3) is 2.59. The fraction of sp³-hybridized carbons (Fsp3) is 0.545. The largest absolute Gasteiger partial charge is 0.466 e. The summed E-state index contributed by atoms with van der Waals surface area (Å²) < 4.78 is 5.39. The van der Waals surface area contributed by atoms with E-state index < -0.39 is 0 Å². The Balaban J connectivity index is 2.73. The average Bonchev–Trinajstić information content (AvgIpc) is 2.41. The summed E-state index contributed by atoms with van der Waals surface area (Å²) in [5.41, 5.74) is 6.92. The Kier molecular flexibility index (Phi) is 3.91. The van der Waals surface area contributed by atoms with Crippen LogP contribution >= 0.6 is 0 Å². The highest BCUT2D eigenvalue weighted by Gasteiger charge is 2.17. The molecule has 15 heavy (non-hydrogen) atoms. The molecule has 0 aliphatic heterocycles. The maximum atomic E-state index is 11.8. The zero-order valence-corrected chi connectivity index (χ0v) is 9.52. The van der Waals surface area contributed by atoms with Gasteiger partial charge in [-0.05, 0) is 33.7 Å². The van der Waals surface area contributed by atoms with Crippen LogP contribution in [0.3, 0.4) is 0 Å². The number of nitrogens with one attached hydrogen (secondary N) is 1. The molecule has 0 fully saturated rings. The van der Waals surface area contributed by atoms with E-state index in [4.69, 9.17) is 10.2 Å². The molecule has 0 aliphatic carbocycles. The van der Waals surface area contributed by atoms with Gasteiger partial charge in [0, 0.05) is 12.1 Å². The van der Waals surface area contributed by atoms with Gasteiger partial charge in [0.05, 0.1) is 5.56 Å². The average molecular weight is 210 g/mol. The Hall–Kier alpha value is -1.29. The molecule has 1 heterocycles. The number of aryl methyl sites for hydroxylation is 2. The maximum Gasteiger partial charge on any atom is 0.255 e. The molecule has 0 saturated heterocycles. The van der Waals surface area contributed by atoms with Gasteiger partial charge in [0.1, 0.15) is 11.5 Å². The van der Waals surface area contributed by atoms with Crippen molar-refractivity contribution in [3.8, 4) is 0 Å². The first kappa shape index (κ1) is 11.8. The van der Waals surface area contributed by atoms with Crippen LogP contribution in [-0.4, -0.2) is 19.0 Å². The highest BCUT2D eigenvalue weighted by atomic mass is 16.3. The van der Waals surface area contributed by atoms with Crippen LogP contribution in [0.1, 0.15) is 33.9 Å². The number of amides is 1. The SMILES string of the molecule is Cc1oc(C)c(C(=O)NCCCN)c1C. The van der Waals surface area contributed by atoms with Crippen LogP contribution in [0.15, 0.2) is 4.42 Å². The van der Waals surface area contributed by atoms with Crippen molar-refractivity contribution < 1.29 is 9.21 Å². The third-order valence-corrected chi connectivity index (χ3v) is 2.45. The van der Waals surface area contributed by atoms with Crippen molar-refractivity contribution in [1.82, 2.24) is 5.32 Å². The number of furan rings is 1. The molecule has 0 unspecified atom stereocenters. The van der Waals surface area contributed by atoms with E-state index in [1.54, 1.807) is 6.92 Å². The number of carbonyl (C=O) groups is 1. The van der Waals surface area contributed by atoms with E-state index in [1.807, 2.05) is 13.8 Å². The summed E-state index contributed by atoms with van der Waals surface area (Å²) >= 11 is 0. The van der Waals surface area contributed by atoms with Crippen LogP contribution in [0.2, 0.25) is 0 Å². The minimum atomic E-state index is -0.0738. The quantitative estimate of drug-likeness (QED) is 0.736. The van der Waals surface area contributed by atoms with Crippen LogP contribution in [0.25, 0.3) is 0 Å². The van der Waals surface area contributed by atoms with Gasteiger partial charge in [-0.25, -0.2) is 0 Å². The van der Waals surface area contributed by atoms with E-state index >= 15 is 0 Å². The maximum absolute atomic E-state index is 11.8. The summed E-state index contributed by atoms with van der Waals surface area (Å²) in [6.45, 7) is 6.75. The van der Waals surface area contributed by atoms with Crippen molar-refractivity contribution in [2.24, 2.45) is 5.73 Å². The molecule has 1 rings (SSSR count). The molecule has 0 aliphatic rings. The van der Waals surface area contributed by atoms with Crippen molar-refractivity contribution in [2.75, 3.05) is 13.1 Å². The molecular formula is C11H18N2O2. The lowest BCUT2D eigenvalue weighted by molar-refractivity contribution is 0.0951. The normalized spacial score (nSPS) is 10.4. The number of hydrogen-bond donors (Lipinski definition) is 2. The first-order valence-electron chi connectivity index (χ1n) is 5.12. The van der Waals surface area contributed by atoms with Gasteiger partial charge in [0.15, 0.2) is 0 Å². The zero-order valence-electron chi connectivity index (χ0n) is 9.52. The van der Waals surface area contributed by atoms with Crippen molar-refractivity contribution in [3.63, 3.8) is 0 Å². The number of nitrogens with two attached hydrogens (primary N) is 1. The fourth-order valence-corrected chi connectivity index (χ4v) is 1.52. The summed E-state index contributed by atoms with van der Waals surface area (Å²) in [5.74, 6) is 1.40. The summed E-state index contributed by atoms with van der Waals surface area (Å²) in [5, 5.41) is 2.82. The Morgan fingerprint density at radius 3 is 2.47 bits per heavy atom. The second kappa shape index (κ2) is 4.98. The minimum absolute atomic E-state index is 0.0738. The molecule has 4 nitrogen and oxygen atoms in total.